The van der Waals surface area contributed by atoms with Crippen LogP contribution < -0.4 is 4.74 Å². The minimum atomic E-state index is -0.967. The van der Waals surface area contributed by atoms with Crippen molar-refractivity contribution >= 4 is 0 Å². The van der Waals surface area contributed by atoms with E-state index >= 15 is 0 Å². The molecule has 1 rings (SSSR count). The number of aliphatic hydroxyl groups excluding tert-OH is 1. The average Bonchev–Trinajstić information content (AvgIpc) is 2.25. The number of hydrogen-bond donors (Lipinski definition) is 2. The third-order valence-electron chi connectivity index (χ3n) is 3.03. The first kappa shape index (κ1) is 14.0. The predicted octanol–water partition coefficient (Wildman–Crippen LogP) is 2.29. The lowest BCUT2D eigenvalue weighted by Gasteiger charge is -2.27. The molecular weight excluding hydrogens is 216 g/mol. The molecule has 0 aliphatic rings. The molecule has 17 heavy (non-hydrogen) atoms. The molecule has 0 bridgehead atoms. The number of benzene rings is 1. The summed E-state index contributed by atoms with van der Waals surface area (Å²) in [4.78, 5) is 0. The summed E-state index contributed by atoms with van der Waals surface area (Å²) in [6.07, 6.45) is 1.09. The number of aryl methyl sites for hydroxylation is 2. The van der Waals surface area contributed by atoms with E-state index in [4.69, 9.17) is 9.84 Å². The third kappa shape index (κ3) is 3.20. The van der Waals surface area contributed by atoms with Crippen LogP contribution >= 0.6 is 0 Å². The van der Waals surface area contributed by atoms with Crippen LogP contribution in [0.1, 0.15) is 36.5 Å². The van der Waals surface area contributed by atoms with Gasteiger partial charge in [0.25, 0.3) is 0 Å². The Morgan fingerprint density at radius 2 is 1.94 bits per heavy atom. The van der Waals surface area contributed by atoms with Gasteiger partial charge in [0.05, 0.1) is 12.7 Å². The standard InChI is InChI=1S/C14H22O3/c1-10-8-11(2)13(17-4)12(9-10)14(3,16)6-5-7-15/h8-9,15-16H,5-7H2,1-4H3. The molecule has 0 amide bonds. The molecule has 3 nitrogen and oxygen atoms in total. The van der Waals surface area contributed by atoms with Crippen molar-refractivity contribution < 1.29 is 14.9 Å². The van der Waals surface area contributed by atoms with Crippen LogP contribution in [0.3, 0.4) is 0 Å². The summed E-state index contributed by atoms with van der Waals surface area (Å²) in [6.45, 7) is 5.82. The molecule has 0 saturated carbocycles. The first-order valence-electron chi connectivity index (χ1n) is 5.91. The van der Waals surface area contributed by atoms with Crippen molar-refractivity contribution in [3.8, 4) is 5.75 Å². The maximum Gasteiger partial charge on any atom is 0.127 e. The Kier molecular flexibility index (Phi) is 4.54. The van der Waals surface area contributed by atoms with Gasteiger partial charge in [0, 0.05) is 12.2 Å². The quantitative estimate of drug-likeness (QED) is 0.827. The highest BCUT2D eigenvalue weighted by Crippen LogP contribution is 2.36. The van der Waals surface area contributed by atoms with Crippen LogP contribution in [-0.4, -0.2) is 23.9 Å². The monoisotopic (exact) mass is 238 g/mol. The van der Waals surface area contributed by atoms with Crippen molar-refractivity contribution in [2.75, 3.05) is 13.7 Å². The fraction of sp³-hybridized carbons (Fsp3) is 0.571. The van der Waals surface area contributed by atoms with E-state index < -0.39 is 5.60 Å². The second kappa shape index (κ2) is 5.52. The van der Waals surface area contributed by atoms with Crippen molar-refractivity contribution in [1.82, 2.24) is 0 Å². The van der Waals surface area contributed by atoms with Crippen molar-refractivity contribution in [2.45, 2.75) is 39.2 Å². The highest BCUT2D eigenvalue weighted by atomic mass is 16.5. The Morgan fingerprint density at radius 3 is 2.47 bits per heavy atom. The molecule has 3 heteroatoms. The molecule has 0 aliphatic carbocycles. The van der Waals surface area contributed by atoms with Gasteiger partial charge in [-0.05, 0) is 45.2 Å². The third-order valence-corrected chi connectivity index (χ3v) is 3.03. The fourth-order valence-electron chi connectivity index (χ4n) is 2.18. The van der Waals surface area contributed by atoms with Gasteiger partial charge in [0.2, 0.25) is 0 Å². The topological polar surface area (TPSA) is 49.7 Å². The highest BCUT2D eigenvalue weighted by molar-refractivity contribution is 5.46. The summed E-state index contributed by atoms with van der Waals surface area (Å²) >= 11 is 0. The molecule has 0 radical (unpaired) electrons. The van der Waals surface area contributed by atoms with Crippen molar-refractivity contribution in [1.29, 1.82) is 0 Å². The molecule has 96 valence electrons. The van der Waals surface area contributed by atoms with Crippen LogP contribution in [0.25, 0.3) is 0 Å². The molecule has 0 fully saturated rings. The van der Waals surface area contributed by atoms with E-state index in [-0.39, 0.29) is 6.61 Å². The molecule has 2 N–H and O–H groups in total. The van der Waals surface area contributed by atoms with Gasteiger partial charge < -0.3 is 14.9 Å². The molecule has 1 atom stereocenters. The molecule has 0 heterocycles. The van der Waals surface area contributed by atoms with Crippen LogP contribution in [0.15, 0.2) is 12.1 Å². The van der Waals surface area contributed by atoms with E-state index in [1.165, 1.54) is 0 Å². The maximum absolute atomic E-state index is 10.5. The van der Waals surface area contributed by atoms with Gasteiger partial charge in [-0.1, -0.05) is 11.6 Å². The van der Waals surface area contributed by atoms with Gasteiger partial charge in [-0.15, -0.1) is 0 Å². The Hall–Kier alpha value is -1.06. The van der Waals surface area contributed by atoms with Crippen molar-refractivity contribution in [3.63, 3.8) is 0 Å². The Balaban J connectivity index is 3.18. The number of methoxy groups -OCH3 is 1. The summed E-state index contributed by atoms with van der Waals surface area (Å²) < 4.78 is 5.37. The number of aliphatic hydroxyl groups is 2. The molecule has 0 aromatic heterocycles. The SMILES string of the molecule is COc1c(C)cc(C)cc1C(C)(O)CCCO. The lowest BCUT2D eigenvalue weighted by molar-refractivity contribution is 0.0378. The Bertz CT molecular complexity index is 383. The largest absolute Gasteiger partial charge is 0.496 e. The molecule has 1 aromatic rings. The minimum absolute atomic E-state index is 0.0866. The van der Waals surface area contributed by atoms with Gasteiger partial charge in [-0.3, -0.25) is 0 Å². The van der Waals surface area contributed by atoms with E-state index in [9.17, 15) is 5.11 Å². The summed E-state index contributed by atoms with van der Waals surface area (Å²) in [7, 11) is 1.61. The second-order valence-corrected chi connectivity index (χ2v) is 4.76. The lowest BCUT2D eigenvalue weighted by Crippen LogP contribution is -2.23. The molecule has 0 saturated heterocycles. The zero-order valence-electron chi connectivity index (χ0n) is 11.1. The molecule has 1 aromatic carbocycles. The highest BCUT2D eigenvalue weighted by Gasteiger charge is 2.27. The van der Waals surface area contributed by atoms with Gasteiger partial charge >= 0.3 is 0 Å². The average molecular weight is 238 g/mol. The number of rotatable bonds is 5. The Labute approximate surface area is 103 Å². The zero-order chi connectivity index (χ0) is 13.1. The van der Waals surface area contributed by atoms with E-state index in [0.29, 0.717) is 12.8 Å². The minimum Gasteiger partial charge on any atom is -0.496 e. The molecule has 0 spiro atoms. The maximum atomic E-state index is 10.5. The predicted molar refractivity (Wildman–Crippen MR) is 68.4 cm³/mol. The summed E-state index contributed by atoms with van der Waals surface area (Å²) in [6, 6.07) is 3.98. The summed E-state index contributed by atoms with van der Waals surface area (Å²) in [5, 5.41) is 19.4. The van der Waals surface area contributed by atoms with E-state index in [1.54, 1.807) is 14.0 Å². The van der Waals surface area contributed by atoms with Gasteiger partial charge in [0.15, 0.2) is 0 Å². The van der Waals surface area contributed by atoms with Crippen LogP contribution in [0.2, 0.25) is 0 Å². The number of ether oxygens (including phenoxy) is 1. The van der Waals surface area contributed by atoms with Crippen molar-refractivity contribution in [2.24, 2.45) is 0 Å². The van der Waals surface area contributed by atoms with E-state index in [1.807, 2.05) is 26.0 Å². The van der Waals surface area contributed by atoms with Crippen LogP contribution in [0.4, 0.5) is 0 Å². The van der Waals surface area contributed by atoms with Gasteiger partial charge in [-0.25, -0.2) is 0 Å². The summed E-state index contributed by atoms with van der Waals surface area (Å²) in [5.74, 6) is 0.735. The number of hydrogen-bond acceptors (Lipinski definition) is 3. The zero-order valence-corrected chi connectivity index (χ0v) is 11.1. The van der Waals surface area contributed by atoms with E-state index in [2.05, 4.69) is 0 Å². The van der Waals surface area contributed by atoms with Gasteiger partial charge in [-0.2, -0.15) is 0 Å². The van der Waals surface area contributed by atoms with Crippen LogP contribution in [0.5, 0.6) is 5.75 Å². The van der Waals surface area contributed by atoms with Crippen LogP contribution in [-0.2, 0) is 5.60 Å². The van der Waals surface area contributed by atoms with E-state index in [0.717, 1.165) is 22.4 Å². The second-order valence-electron chi connectivity index (χ2n) is 4.76. The first-order chi connectivity index (χ1) is 7.92. The molecular formula is C14H22O3. The molecule has 1 unspecified atom stereocenters. The van der Waals surface area contributed by atoms with Crippen LogP contribution in [0, 0.1) is 13.8 Å². The smallest absolute Gasteiger partial charge is 0.127 e. The summed E-state index contributed by atoms with van der Waals surface area (Å²) in [5.41, 5.74) is 1.95. The fourth-order valence-corrected chi connectivity index (χ4v) is 2.18. The molecule has 0 aliphatic heterocycles. The van der Waals surface area contributed by atoms with Gasteiger partial charge in [0.1, 0.15) is 5.75 Å². The Morgan fingerprint density at radius 1 is 1.29 bits per heavy atom. The first-order valence-corrected chi connectivity index (χ1v) is 5.91. The lowest BCUT2D eigenvalue weighted by atomic mass is 9.88. The van der Waals surface area contributed by atoms with Crippen molar-refractivity contribution in [3.05, 3.63) is 28.8 Å². The normalized spacial score (nSPS) is 14.5.